The Morgan fingerprint density at radius 2 is 2.14 bits per heavy atom. The van der Waals surface area contributed by atoms with E-state index in [1.54, 1.807) is 0 Å². The SMILES string of the molecule is CCCCc1ncc(CNCCCn2nc(C)cc2C)[nH]1. The van der Waals surface area contributed by atoms with Crippen LogP contribution >= 0.6 is 0 Å². The van der Waals surface area contributed by atoms with E-state index in [1.807, 2.05) is 13.1 Å². The maximum atomic E-state index is 4.47. The number of nitrogens with zero attached hydrogens (tertiary/aromatic N) is 3. The topological polar surface area (TPSA) is 58.5 Å². The first-order valence-corrected chi connectivity index (χ1v) is 7.93. The Morgan fingerprint density at radius 3 is 2.86 bits per heavy atom. The normalized spacial score (nSPS) is 11.2. The summed E-state index contributed by atoms with van der Waals surface area (Å²) in [6.45, 7) is 9.16. The molecule has 0 spiro atoms. The summed E-state index contributed by atoms with van der Waals surface area (Å²) < 4.78 is 2.08. The zero-order valence-corrected chi connectivity index (χ0v) is 13.4. The van der Waals surface area contributed by atoms with Crippen molar-refractivity contribution in [3.05, 3.63) is 35.2 Å². The van der Waals surface area contributed by atoms with Crippen LogP contribution in [-0.4, -0.2) is 26.3 Å². The first-order chi connectivity index (χ1) is 10.2. The van der Waals surface area contributed by atoms with Gasteiger partial charge in [0.2, 0.25) is 0 Å². The van der Waals surface area contributed by atoms with Gasteiger partial charge >= 0.3 is 0 Å². The molecule has 5 nitrogen and oxygen atoms in total. The second-order valence-electron chi connectivity index (χ2n) is 5.64. The predicted octanol–water partition coefficient (Wildman–Crippen LogP) is 2.75. The third-order valence-electron chi connectivity index (χ3n) is 3.59. The summed E-state index contributed by atoms with van der Waals surface area (Å²) in [5.41, 5.74) is 3.51. The van der Waals surface area contributed by atoms with Crippen LogP contribution in [0.2, 0.25) is 0 Å². The van der Waals surface area contributed by atoms with Crippen LogP contribution in [0, 0.1) is 13.8 Å². The lowest BCUT2D eigenvalue weighted by atomic mass is 10.2. The molecule has 0 saturated carbocycles. The van der Waals surface area contributed by atoms with Gasteiger partial charge in [-0.25, -0.2) is 4.98 Å². The Hall–Kier alpha value is -1.62. The summed E-state index contributed by atoms with van der Waals surface area (Å²) in [4.78, 5) is 7.78. The van der Waals surface area contributed by atoms with Gasteiger partial charge in [0.1, 0.15) is 5.82 Å². The number of aryl methyl sites for hydroxylation is 4. The lowest BCUT2D eigenvalue weighted by Gasteiger charge is -2.05. The van der Waals surface area contributed by atoms with Gasteiger partial charge in [0.25, 0.3) is 0 Å². The predicted molar refractivity (Wildman–Crippen MR) is 85.2 cm³/mol. The number of imidazole rings is 1. The maximum Gasteiger partial charge on any atom is 0.106 e. The highest BCUT2D eigenvalue weighted by Crippen LogP contribution is 2.03. The van der Waals surface area contributed by atoms with E-state index in [4.69, 9.17) is 0 Å². The molecule has 0 saturated heterocycles. The Bertz CT molecular complexity index is 541. The van der Waals surface area contributed by atoms with Crippen LogP contribution in [0.4, 0.5) is 0 Å². The van der Waals surface area contributed by atoms with Crippen LogP contribution < -0.4 is 5.32 Å². The summed E-state index contributed by atoms with van der Waals surface area (Å²) in [7, 11) is 0. The van der Waals surface area contributed by atoms with Crippen LogP contribution in [0.3, 0.4) is 0 Å². The van der Waals surface area contributed by atoms with Crippen molar-refractivity contribution in [3.63, 3.8) is 0 Å². The molecule has 0 aliphatic rings. The molecule has 0 fully saturated rings. The molecule has 0 aromatic carbocycles. The van der Waals surface area contributed by atoms with Crippen molar-refractivity contribution in [2.75, 3.05) is 6.54 Å². The molecule has 2 aromatic heterocycles. The van der Waals surface area contributed by atoms with E-state index < -0.39 is 0 Å². The zero-order chi connectivity index (χ0) is 15.1. The van der Waals surface area contributed by atoms with E-state index in [2.05, 4.69) is 45.0 Å². The number of nitrogens with one attached hydrogen (secondary N) is 2. The first kappa shape index (κ1) is 15.8. The highest BCUT2D eigenvalue weighted by molar-refractivity contribution is 5.06. The third-order valence-corrected chi connectivity index (χ3v) is 3.59. The number of aromatic amines is 1. The molecular weight excluding hydrogens is 262 g/mol. The average Bonchev–Trinajstić information content (AvgIpc) is 3.03. The standard InChI is InChI=1S/C16H27N5/c1-4-5-7-16-18-12-15(19-16)11-17-8-6-9-21-14(3)10-13(2)20-21/h10,12,17H,4-9,11H2,1-3H3,(H,18,19). The number of aromatic nitrogens is 4. The van der Waals surface area contributed by atoms with Crippen molar-refractivity contribution in [2.24, 2.45) is 0 Å². The minimum absolute atomic E-state index is 0.857. The minimum atomic E-state index is 0.857. The highest BCUT2D eigenvalue weighted by atomic mass is 15.3. The maximum absolute atomic E-state index is 4.47. The molecule has 0 amide bonds. The van der Waals surface area contributed by atoms with Crippen LogP contribution in [-0.2, 0) is 19.5 Å². The van der Waals surface area contributed by atoms with Gasteiger partial charge in [-0.3, -0.25) is 4.68 Å². The largest absolute Gasteiger partial charge is 0.345 e. The summed E-state index contributed by atoms with van der Waals surface area (Å²) in [5.74, 6) is 1.11. The van der Waals surface area contributed by atoms with Gasteiger partial charge in [-0.15, -0.1) is 0 Å². The van der Waals surface area contributed by atoms with E-state index in [-0.39, 0.29) is 0 Å². The molecule has 2 rings (SSSR count). The molecule has 2 heterocycles. The van der Waals surface area contributed by atoms with Crippen LogP contribution in [0.1, 0.15) is 49.1 Å². The second kappa shape index (κ2) is 7.98. The molecule has 0 aliphatic heterocycles. The Balaban J connectivity index is 1.63. The molecule has 5 heteroatoms. The summed E-state index contributed by atoms with van der Waals surface area (Å²) in [6.07, 6.45) is 6.48. The first-order valence-electron chi connectivity index (χ1n) is 7.93. The van der Waals surface area contributed by atoms with Crippen molar-refractivity contribution in [2.45, 2.75) is 59.5 Å². The van der Waals surface area contributed by atoms with Crippen molar-refractivity contribution in [1.82, 2.24) is 25.1 Å². The third kappa shape index (κ3) is 5.01. The van der Waals surface area contributed by atoms with Crippen LogP contribution in [0.25, 0.3) is 0 Å². The Labute approximate surface area is 127 Å². The summed E-state index contributed by atoms with van der Waals surface area (Å²) >= 11 is 0. The van der Waals surface area contributed by atoms with E-state index in [9.17, 15) is 0 Å². The molecule has 0 bridgehead atoms. The molecule has 0 aliphatic carbocycles. The number of unbranched alkanes of at least 4 members (excludes halogenated alkanes) is 1. The lowest BCUT2D eigenvalue weighted by molar-refractivity contribution is 0.530. The van der Waals surface area contributed by atoms with Crippen molar-refractivity contribution in [1.29, 1.82) is 0 Å². The van der Waals surface area contributed by atoms with Gasteiger partial charge in [-0.05, 0) is 39.3 Å². The lowest BCUT2D eigenvalue weighted by Crippen LogP contribution is -2.17. The smallest absolute Gasteiger partial charge is 0.106 e. The summed E-state index contributed by atoms with van der Waals surface area (Å²) in [6, 6.07) is 2.12. The van der Waals surface area contributed by atoms with Gasteiger partial charge in [0, 0.05) is 37.1 Å². The average molecular weight is 289 g/mol. The number of H-pyrrole nitrogens is 1. The number of hydrogen-bond donors (Lipinski definition) is 2. The van der Waals surface area contributed by atoms with E-state index in [0.29, 0.717) is 0 Å². The van der Waals surface area contributed by atoms with E-state index >= 15 is 0 Å². The highest BCUT2D eigenvalue weighted by Gasteiger charge is 2.01. The zero-order valence-electron chi connectivity index (χ0n) is 13.4. The van der Waals surface area contributed by atoms with Gasteiger partial charge in [0.15, 0.2) is 0 Å². The molecule has 2 aromatic rings. The molecule has 2 N–H and O–H groups in total. The minimum Gasteiger partial charge on any atom is -0.345 e. The number of rotatable bonds is 9. The van der Waals surface area contributed by atoms with Crippen molar-refractivity contribution in [3.8, 4) is 0 Å². The van der Waals surface area contributed by atoms with E-state index in [0.717, 1.165) is 44.0 Å². The van der Waals surface area contributed by atoms with Crippen LogP contribution in [0.15, 0.2) is 12.3 Å². The number of hydrogen-bond acceptors (Lipinski definition) is 3. The van der Waals surface area contributed by atoms with Gasteiger partial charge in [0.05, 0.1) is 5.69 Å². The molecular formula is C16H27N5. The van der Waals surface area contributed by atoms with Gasteiger partial charge in [-0.2, -0.15) is 5.10 Å². The quantitative estimate of drug-likeness (QED) is 0.698. The fourth-order valence-electron chi connectivity index (χ4n) is 2.45. The Kier molecular flexibility index (Phi) is 5.99. The van der Waals surface area contributed by atoms with Crippen molar-refractivity contribution < 1.29 is 0 Å². The van der Waals surface area contributed by atoms with Crippen molar-refractivity contribution >= 4 is 0 Å². The fraction of sp³-hybridized carbons (Fsp3) is 0.625. The van der Waals surface area contributed by atoms with Gasteiger partial charge < -0.3 is 10.3 Å². The molecule has 0 radical (unpaired) electrons. The van der Waals surface area contributed by atoms with Crippen LogP contribution in [0.5, 0.6) is 0 Å². The Morgan fingerprint density at radius 1 is 1.29 bits per heavy atom. The fourth-order valence-corrected chi connectivity index (χ4v) is 2.45. The molecule has 0 unspecified atom stereocenters. The van der Waals surface area contributed by atoms with E-state index in [1.165, 1.54) is 24.2 Å². The second-order valence-corrected chi connectivity index (χ2v) is 5.64. The molecule has 116 valence electrons. The molecule has 21 heavy (non-hydrogen) atoms. The summed E-state index contributed by atoms with van der Waals surface area (Å²) in [5, 5.41) is 7.93. The van der Waals surface area contributed by atoms with Gasteiger partial charge in [-0.1, -0.05) is 13.3 Å². The monoisotopic (exact) mass is 289 g/mol. The molecule has 0 atom stereocenters.